The lowest BCUT2D eigenvalue weighted by Crippen LogP contribution is -1.99. The molecular formula is C23H24O2. The fraction of sp³-hybridized carbons (Fsp3) is 0.174. The van der Waals surface area contributed by atoms with Gasteiger partial charge in [0.2, 0.25) is 0 Å². The van der Waals surface area contributed by atoms with Gasteiger partial charge in [-0.15, -0.1) is 0 Å². The number of hydrogen-bond acceptors (Lipinski definition) is 2. The predicted octanol–water partition coefficient (Wildman–Crippen LogP) is 5.66. The molecule has 2 heteroatoms. The van der Waals surface area contributed by atoms with Gasteiger partial charge < -0.3 is 5.11 Å². The molecule has 0 aliphatic rings. The Kier molecular flexibility index (Phi) is 6.53. The molecule has 0 radical (unpaired) electrons. The van der Waals surface area contributed by atoms with Gasteiger partial charge in [-0.1, -0.05) is 66.3 Å². The summed E-state index contributed by atoms with van der Waals surface area (Å²) in [5.41, 5.74) is 4.38. The Balaban J connectivity index is 2.16. The van der Waals surface area contributed by atoms with Gasteiger partial charge in [-0.25, -0.2) is 0 Å². The number of aryl methyl sites for hydroxylation is 1. The molecule has 0 spiro atoms. The standard InChI is InChI=1S/C23H24O2/c1-17(2)13-15-20-18(3)14-16-21(23(20)25)22(24)12-8-7-11-19-9-5-4-6-10-19/h4-14,16,25H,15H2,1-3H3. The maximum atomic E-state index is 12.4. The molecule has 0 saturated carbocycles. The summed E-state index contributed by atoms with van der Waals surface area (Å²) in [7, 11) is 0. The maximum Gasteiger partial charge on any atom is 0.189 e. The van der Waals surface area contributed by atoms with Crippen molar-refractivity contribution in [1.29, 1.82) is 0 Å². The largest absolute Gasteiger partial charge is 0.507 e. The first kappa shape index (κ1) is 18.5. The second kappa shape index (κ2) is 8.84. The Morgan fingerprint density at radius 3 is 2.44 bits per heavy atom. The number of benzene rings is 2. The first-order valence-corrected chi connectivity index (χ1v) is 8.38. The van der Waals surface area contributed by atoms with Gasteiger partial charge in [0.05, 0.1) is 5.56 Å². The number of allylic oxidation sites excluding steroid dienone is 5. The first-order chi connectivity index (χ1) is 12.0. The maximum absolute atomic E-state index is 12.4. The quantitative estimate of drug-likeness (QED) is 0.321. The van der Waals surface area contributed by atoms with E-state index >= 15 is 0 Å². The van der Waals surface area contributed by atoms with Gasteiger partial charge in [-0.2, -0.15) is 0 Å². The highest BCUT2D eigenvalue weighted by Gasteiger charge is 2.13. The Morgan fingerprint density at radius 1 is 1.04 bits per heavy atom. The summed E-state index contributed by atoms with van der Waals surface area (Å²) < 4.78 is 0. The second-order valence-electron chi connectivity index (χ2n) is 6.24. The van der Waals surface area contributed by atoms with Crippen molar-refractivity contribution in [2.45, 2.75) is 27.2 Å². The summed E-state index contributed by atoms with van der Waals surface area (Å²) in [4.78, 5) is 12.4. The second-order valence-corrected chi connectivity index (χ2v) is 6.24. The minimum absolute atomic E-state index is 0.0826. The highest BCUT2D eigenvalue weighted by molar-refractivity contribution is 6.07. The monoisotopic (exact) mass is 332 g/mol. The van der Waals surface area contributed by atoms with Crippen LogP contribution in [-0.4, -0.2) is 10.9 Å². The zero-order chi connectivity index (χ0) is 18.2. The number of aromatic hydroxyl groups is 1. The Hall–Kier alpha value is -2.87. The number of hydrogen-bond donors (Lipinski definition) is 1. The third-order valence-corrected chi connectivity index (χ3v) is 3.94. The van der Waals surface area contributed by atoms with Gasteiger partial charge in [-0.05, 0) is 50.5 Å². The molecule has 2 aromatic carbocycles. The number of ketones is 1. The van der Waals surface area contributed by atoms with E-state index in [0.717, 1.165) is 16.7 Å². The number of rotatable bonds is 6. The van der Waals surface area contributed by atoms with Crippen LogP contribution < -0.4 is 0 Å². The van der Waals surface area contributed by atoms with Crippen LogP contribution in [-0.2, 0) is 6.42 Å². The minimum atomic E-state index is -0.200. The molecular weight excluding hydrogens is 308 g/mol. The fourth-order valence-electron chi connectivity index (χ4n) is 2.46. The van der Waals surface area contributed by atoms with Crippen LogP contribution in [0.1, 0.15) is 40.9 Å². The topological polar surface area (TPSA) is 37.3 Å². The molecule has 2 rings (SSSR count). The summed E-state index contributed by atoms with van der Waals surface area (Å²) in [5, 5.41) is 10.5. The molecule has 0 unspecified atom stereocenters. The number of phenols is 1. The first-order valence-electron chi connectivity index (χ1n) is 8.38. The molecule has 1 N–H and O–H groups in total. The van der Waals surface area contributed by atoms with E-state index in [9.17, 15) is 9.90 Å². The van der Waals surface area contributed by atoms with Crippen molar-refractivity contribution in [3.63, 3.8) is 0 Å². The molecule has 2 aromatic rings. The predicted molar refractivity (Wildman–Crippen MR) is 105 cm³/mol. The van der Waals surface area contributed by atoms with Gasteiger partial charge in [-0.3, -0.25) is 4.79 Å². The van der Waals surface area contributed by atoms with Gasteiger partial charge in [0, 0.05) is 5.56 Å². The van der Waals surface area contributed by atoms with Crippen molar-refractivity contribution in [3.05, 3.63) is 94.6 Å². The van der Waals surface area contributed by atoms with E-state index in [2.05, 4.69) is 6.08 Å². The molecule has 2 nitrogen and oxygen atoms in total. The van der Waals surface area contributed by atoms with Crippen molar-refractivity contribution >= 4 is 11.9 Å². The van der Waals surface area contributed by atoms with Crippen molar-refractivity contribution in [1.82, 2.24) is 0 Å². The molecule has 0 aliphatic carbocycles. The van der Waals surface area contributed by atoms with E-state index in [4.69, 9.17) is 0 Å². The lowest BCUT2D eigenvalue weighted by Gasteiger charge is -2.10. The Bertz CT molecular complexity index is 821. The van der Waals surface area contributed by atoms with E-state index in [1.165, 1.54) is 11.6 Å². The Labute approximate surface area is 149 Å². The highest BCUT2D eigenvalue weighted by Crippen LogP contribution is 2.27. The van der Waals surface area contributed by atoms with E-state index in [1.54, 1.807) is 12.1 Å². The van der Waals surface area contributed by atoms with E-state index in [0.29, 0.717) is 12.0 Å². The molecule has 0 aliphatic heterocycles. The van der Waals surface area contributed by atoms with E-state index < -0.39 is 0 Å². The molecule has 0 bridgehead atoms. The summed E-state index contributed by atoms with van der Waals surface area (Å²) in [6.07, 6.45) is 9.61. The number of phenolic OH excluding ortho intramolecular Hbond substituents is 1. The highest BCUT2D eigenvalue weighted by atomic mass is 16.3. The van der Waals surface area contributed by atoms with Crippen molar-refractivity contribution < 1.29 is 9.90 Å². The van der Waals surface area contributed by atoms with Crippen LogP contribution in [0.25, 0.3) is 6.08 Å². The summed E-state index contributed by atoms with van der Waals surface area (Å²) in [6.45, 7) is 5.98. The smallest absolute Gasteiger partial charge is 0.189 e. The lowest BCUT2D eigenvalue weighted by atomic mass is 9.97. The lowest BCUT2D eigenvalue weighted by molar-refractivity contribution is 0.104. The SMILES string of the molecule is CC(C)=CCc1c(C)ccc(C(=O)C=CC=Cc2ccccc2)c1O. The van der Waals surface area contributed by atoms with Crippen LogP contribution >= 0.6 is 0 Å². The van der Waals surface area contributed by atoms with Gasteiger partial charge in [0.25, 0.3) is 0 Å². The zero-order valence-electron chi connectivity index (χ0n) is 15.0. The van der Waals surface area contributed by atoms with Gasteiger partial charge in [0.1, 0.15) is 5.75 Å². The zero-order valence-corrected chi connectivity index (χ0v) is 15.0. The van der Waals surface area contributed by atoms with Gasteiger partial charge >= 0.3 is 0 Å². The minimum Gasteiger partial charge on any atom is -0.507 e. The van der Waals surface area contributed by atoms with Crippen LogP contribution in [0.15, 0.2) is 72.3 Å². The van der Waals surface area contributed by atoms with Crippen LogP contribution in [0.2, 0.25) is 0 Å². The third kappa shape index (κ3) is 5.32. The molecule has 0 heterocycles. The Morgan fingerprint density at radius 2 is 1.76 bits per heavy atom. The van der Waals surface area contributed by atoms with Crippen molar-refractivity contribution in [2.75, 3.05) is 0 Å². The average molecular weight is 332 g/mol. The average Bonchev–Trinajstić information content (AvgIpc) is 2.59. The van der Waals surface area contributed by atoms with Gasteiger partial charge in [0.15, 0.2) is 5.78 Å². The van der Waals surface area contributed by atoms with Crippen LogP contribution in [0.4, 0.5) is 0 Å². The molecule has 0 aromatic heterocycles. The molecule has 0 saturated heterocycles. The number of carbonyl (C=O) groups excluding carboxylic acids is 1. The van der Waals surface area contributed by atoms with Crippen LogP contribution in [0, 0.1) is 6.92 Å². The van der Waals surface area contributed by atoms with Crippen molar-refractivity contribution in [2.24, 2.45) is 0 Å². The van der Waals surface area contributed by atoms with E-state index in [1.807, 2.05) is 69.3 Å². The van der Waals surface area contributed by atoms with E-state index in [-0.39, 0.29) is 11.5 Å². The van der Waals surface area contributed by atoms with Crippen LogP contribution in [0.3, 0.4) is 0 Å². The third-order valence-electron chi connectivity index (χ3n) is 3.94. The van der Waals surface area contributed by atoms with Crippen LogP contribution in [0.5, 0.6) is 5.75 Å². The summed E-state index contributed by atoms with van der Waals surface area (Å²) >= 11 is 0. The molecule has 0 fully saturated rings. The normalized spacial score (nSPS) is 11.2. The van der Waals surface area contributed by atoms with Crippen molar-refractivity contribution in [3.8, 4) is 5.75 Å². The molecule has 0 amide bonds. The fourth-order valence-corrected chi connectivity index (χ4v) is 2.46. The summed E-state index contributed by atoms with van der Waals surface area (Å²) in [6, 6.07) is 13.4. The molecule has 128 valence electrons. The number of carbonyl (C=O) groups is 1. The molecule has 25 heavy (non-hydrogen) atoms. The summed E-state index contributed by atoms with van der Waals surface area (Å²) in [5.74, 6) is -0.118. The molecule has 0 atom stereocenters.